The predicted molar refractivity (Wildman–Crippen MR) is 76.1 cm³/mol. The monoisotopic (exact) mass is 266 g/mol. The van der Waals surface area contributed by atoms with Crippen LogP contribution in [-0.2, 0) is 13.0 Å². The third-order valence-electron chi connectivity index (χ3n) is 3.80. The number of rotatable bonds is 5. The molecule has 0 radical (unpaired) electrons. The van der Waals surface area contributed by atoms with Gasteiger partial charge in [0, 0.05) is 38.6 Å². The van der Waals surface area contributed by atoms with Gasteiger partial charge in [-0.1, -0.05) is 6.92 Å². The fourth-order valence-corrected chi connectivity index (χ4v) is 2.74. The topological polar surface area (TPSA) is 39.9 Å². The van der Waals surface area contributed by atoms with E-state index < -0.39 is 0 Å². The molecule has 0 aromatic carbocycles. The summed E-state index contributed by atoms with van der Waals surface area (Å²) in [5.41, 5.74) is 0. The van der Waals surface area contributed by atoms with Crippen LogP contribution < -0.4 is 0 Å². The Labute approximate surface area is 116 Å². The molecule has 0 bridgehead atoms. The molecule has 0 amide bonds. The Balaban J connectivity index is 1.85. The van der Waals surface area contributed by atoms with Gasteiger partial charge in [-0.3, -0.25) is 9.80 Å². The lowest BCUT2D eigenvalue weighted by molar-refractivity contribution is 0.0438. The molecule has 0 spiro atoms. The normalized spacial score (nSPS) is 23.7. The lowest BCUT2D eigenvalue weighted by atomic mass is 10.1. The maximum Gasteiger partial charge on any atom is 0.118 e. The summed E-state index contributed by atoms with van der Waals surface area (Å²) in [5, 5.41) is 9.45. The van der Waals surface area contributed by atoms with Crippen LogP contribution in [0.2, 0.25) is 0 Å². The first-order chi connectivity index (χ1) is 9.08. The molecule has 2 unspecified atom stereocenters. The number of hydrogen-bond donors (Lipinski definition) is 1. The number of piperazine rings is 1. The molecular formula is C15H26N2O2. The minimum absolute atomic E-state index is 0.240. The fourth-order valence-electron chi connectivity index (χ4n) is 2.74. The van der Waals surface area contributed by atoms with Crippen molar-refractivity contribution in [1.82, 2.24) is 9.80 Å². The first kappa shape index (κ1) is 14.6. The van der Waals surface area contributed by atoms with Crippen molar-refractivity contribution in [2.24, 2.45) is 0 Å². The molecule has 1 aliphatic rings. The number of aliphatic hydroxyl groups excluding tert-OH is 1. The molecule has 1 saturated heterocycles. The van der Waals surface area contributed by atoms with Crippen LogP contribution in [0.25, 0.3) is 0 Å². The molecule has 4 nitrogen and oxygen atoms in total. The first-order valence-corrected chi connectivity index (χ1v) is 7.30. The summed E-state index contributed by atoms with van der Waals surface area (Å²) in [5.74, 6) is 2.13. The van der Waals surface area contributed by atoms with Gasteiger partial charge in [-0.2, -0.15) is 0 Å². The average Bonchev–Trinajstić information content (AvgIpc) is 2.80. The second kappa shape index (κ2) is 6.55. The number of aryl methyl sites for hydroxylation is 1. The maximum atomic E-state index is 9.45. The Morgan fingerprint density at radius 1 is 1.37 bits per heavy atom. The van der Waals surface area contributed by atoms with E-state index in [1.54, 1.807) is 0 Å². The third kappa shape index (κ3) is 4.06. The van der Waals surface area contributed by atoms with Gasteiger partial charge < -0.3 is 9.52 Å². The van der Waals surface area contributed by atoms with E-state index >= 15 is 0 Å². The molecule has 2 atom stereocenters. The zero-order valence-corrected chi connectivity index (χ0v) is 12.3. The molecule has 2 rings (SSSR count). The van der Waals surface area contributed by atoms with Crippen LogP contribution in [0, 0.1) is 0 Å². The molecule has 0 aliphatic carbocycles. The zero-order chi connectivity index (χ0) is 13.8. The van der Waals surface area contributed by atoms with Gasteiger partial charge >= 0.3 is 0 Å². The van der Waals surface area contributed by atoms with Gasteiger partial charge in [0.1, 0.15) is 11.5 Å². The molecule has 108 valence electrons. The lowest BCUT2D eigenvalue weighted by Crippen LogP contribution is -2.52. The third-order valence-corrected chi connectivity index (χ3v) is 3.80. The summed E-state index contributed by atoms with van der Waals surface area (Å²) >= 11 is 0. The van der Waals surface area contributed by atoms with Crippen molar-refractivity contribution < 1.29 is 9.52 Å². The van der Waals surface area contributed by atoms with Crippen molar-refractivity contribution in [2.45, 2.75) is 45.9 Å². The van der Waals surface area contributed by atoms with Gasteiger partial charge in [0.05, 0.1) is 12.6 Å². The minimum atomic E-state index is -0.240. The Hall–Kier alpha value is -0.840. The molecule has 1 aromatic heterocycles. The van der Waals surface area contributed by atoms with Crippen LogP contribution in [-0.4, -0.2) is 53.2 Å². The molecule has 1 fully saturated rings. The lowest BCUT2D eigenvalue weighted by Gasteiger charge is -2.39. The van der Waals surface area contributed by atoms with Crippen molar-refractivity contribution in [2.75, 3.05) is 26.2 Å². The van der Waals surface area contributed by atoms with Crippen molar-refractivity contribution in [3.63, 3.8) is 0 Å². The van der Waals surface area contributed by atoms with Gasteiger partial charge in [-0.15, -0.1) is 0 Å². The van der Waals surface area contributed by atoms with E-state index in [2.05, 4.69) is 35.8 Å². The molecule has 19 heavy (non-hydrogen) atoms. The summed E-state index contributed by atoms with van der Waals surface area (Å²) in [7, 11) is 0. The van der Waals surface area contributed by atoms with Crippen LogP contribution in [0.4, 0.5) is 0 Å². The highest BCUT2D eigenvalue weighted by Gasteiger charge is 2.24. The van der Waals surface area contributed by atoms with E-state index in [0.717, 1.165) is 50.7 Å². The number of aliphatic hydroxyl groups is 1. The van der Waals surface area contributed by atoms with E-state index in [9.17, 15) is 5.11 Å². The smallest absolute Gasteiger partial charge is 0.118 e. The molecule has 2 heterocycles. The zero-order valence-electron chi connectivity index (χ0n) is 12.3. The number of hydrogen-bond acceptors (Lipinski definition) is 4. The van der Waals surface area contributed by atoms with Gasteiger partial charge in [0.15, 0.2) is 0 Å². The van der Waals surface area contributed by atoms with Gasteiger partial charge in [-0.25, -0.2) is 0 Å². The fraction of sp³-hybridized carbons (Fsp3) is 0.733. The van der Waals surface area contributed by atoms with Gasteiger partial charge in [-0.05, 0) is 26.0 Å². The van der Waals surface area contributed by atoms with Crippen LogP contribution in [0.15, 0.2) is 16.5 Å². The first-order valence-electron chi connectivity index (χ1n) is 7.30. The van der Waals surface area contributed by atoms with Crippen LogP contribution in [0.5, 0.6) is 0 Å². The minimum Gasteiger partial charge on any atom is -0.465 e. The van der Waals surface area contributed by atoms with E-state index in [-0.39, 0.29) is 6.10 Å². The Kier molecular flexibility index (Phi) is 5.02. The predicted octanol–water partition coefficient (Wildman–Crippen LogP) is 1.73. The molecule has 1 aromatic rings. The Bertz CT molecular complexity index is 389. The van der Waals surface area contributed by atoms with Crippen molar-refractivity contribution in [3.8, 4) is 0 Å². The van der Waals surface area contributed by atoms with E-state index in [1.165, 1.54) is 0 Å². The van der Waals surface area contributed by atoms with E-state index in [4.69, 9.17) is 4.42 Å². The van der Waals surface area contributed by atoms with E-state index in [0.29, 0.717) is 6.04 Å². The highest BCUT2D eigenvalue weighted by molar-refractivity contribution is 5.07. The summed E-state index contributed by atoms with van der Waals surface area (Å²) in [6.07, 6.45) is 0.716. The van der Waals surface area contributed by atoms with E-state index in [1.807, 2.05) is 6.92 Å². The highest BCUT2D eigenvalue weighted by atomic mass is 16.3. The number of nitrogens with zero attached hydrogens (tertiary/aromatic N) is 2. The Morgan fingerprint density at radius 2 is 2.11 bits per heavy atom. The van der Waals surface area contributed by atoms with Crippen molar-refractivity contribution in [1.29, 1.82) is 0 Å². The van der Waals surface area contributed by atoms with Crippen LogP contribution in [0.1, 0.15) is 32.3 Å². The highest BCUT2D eigenvalue weighted by Crippen LogP contribution is 2.16. The molecule has 0 saturated carbocycles. The number of furan rings is 1. The number of β-amino-alcohol motifs (C(OH)–C–C–N with tert-alkyl or cyclic N) is 1. The van der Waals surface area contributed by atoms with Gasteiger partial charge in [0.2, 0.25) is 0 Å². The van der Waals surface area contributed by atoms with Crippen molar-refractivity contribution >= 4 is 0 Å². The largest absolute Gasteiger partial charge is 0.465 e. The van der Waals surface area contributed by atoms with Crippen LogP contribution >= 0.6 is 0 Å². The van der Waals surface area contributed by atoms with Crippen LogP contribution in [0.3, 0.4) is 0 Å². The van der Waals surface area contributed by atoms with Crippen molar-refractivity contribution in [3.05, 3.63) is 23.7 Å². The standard InChI is InChI=1S/C15H26N2O2/c1-4-14-5-6-15(19-14)11-17-8-7-16(9-12(17)2)10-13(3)18/h5-6,12-13,18H,4,7-11H2,1-3H3. The average molecular weight is 266 g/mol. The molecule has 1 aliphatic heterocycles. The SMILES string of the molecule is CCc1ccc(CN2CCN(CC(C)O)CC2C)o1. The molecular weight excluding hydrogens is 240 g/mol. The Morgan fingerprint density at radius 3 is 2.68 bits per heavy atom. The summed E-state index contributed by atoms with van der Waals surface area (Å²) in [4.78, 5) is 4.79. The second-order valence-electron chi connectivity index (χ2n) is 5.65. The summed E-state index contributed by atoms with van der Waals surface area (Å²) in [6.45, 7) is 11.0. The maximum absolute atomic E-state index is 9.45. The summed E-state index contributed by atoms with van der Waals surface area (Å²) < 4.78 is 5.78. The molecule has 4 heteroatoms. The summed E-state index contributed by atoms with van der Waals surface area (Å²) in [6, 6.07) is 4.67. The quantitative estimate of drug-likeness (QED) is 0.881. The second-order valence-corrected chi connectivity index (χ2v) is 5.65. The molecule has 1 N–H and O–H groups in total. The van der Waals surface area contributed by atoms with Gasteiger partial charge in [0.25, 0.3) is 0 Å².